The van der Waals surface area contributed by atoms with E-state index in [0.29, 0.717) is 6.54 Å². The van der Waals surface area contributed by atoms with Crippen LogP contribution in [0.3, 0.4) is 0 Å². The number of rotatable bonds is 8. The number of ether oxygens (including phenoxy) is 1. The summed E-state index contributed by atoms with van der Waals surface area (Å²) in [5, 5.41) is 3.12. The minimum atomic E-state index is 0.0218. The van der Waals surface area contributed by atoms with Gasteiger partial charge in [-0.05, 0) is 61.8 Å². The first kappa shape index (κ1) is 20.4. The van der Waals surface area contributed by atoms with Crippen LogP contribution in [0.4, 0.5) is 0 Å². The highest BCUT2D eigenvalue weighted by molar-refractivity contribution is 5.79. The Bertz CT molecular complexity index is 722. The van der Waals surface area contributed by atoms with Crippen LogP contribution in [0.5, 0.6) is 5.75 Å². The van der Waals surface area contributed by atoms with Crippen LogP contribution in [0.15, 0.2) is 54.6 Å². The van der Waals surface area contributed by atoms with E-state index in [4.69, 9.17) is 4.74 Å². The summed E-state index contributed by atoms with van der Waals surface area (Å²) in [7, 11) is 1.67. The third-order valence-corrected chi connectivity index (χ3v) is 5.99. The van der Waals surface area contributed by atoms with E-state index in [1.807, 2.05) is 12.1 Å². The van der Waals surface area contributed by atoms with E-state index in [1.54, 1.807) is 7.11 Å². The van der Waals surface area contributed by atoms with Crippen molar-refractivity contribution in [2.45, 2.75) is 38.6 Å². The molecule has 0 aliphatic carbocycles. The summed E-state index contributed by atoms with van der Waals surface area (Å²) in [5.41, 5.74) is 2.64. The predicted octanol–water partition coefficient (Wildman–Crippen LogP) is 2.28. The predicted molar refractivity (Wildman–Crippen MR) is 113 cm³/mol. The number of likely N-dealkylation sites (tertiary alicyclic amines) is 1. The fourth-order valence-electron chi connectivity index (χ4n) is 4.09. The zero-order valence-electron chi connectivity index (χ0n) is 17.1. The van der Waals surface area contributed by atoms with Crippen LogP contribution in [0.1, 0.15) is 30.9 Å². The van der Waals surface area contributed by atoms with Crippen molar-refractivity contribution in [2.75, 3.05) is 26.7 Å². The average Bonchev–Trinajstić information content (AvgIpc) is 2.75. The Labute approximate surface area is 168 Å². The summed E-state index contributed by atoms with van der Waals surface area (Å²) in [6.07, 6.45) is 4.41. The van der Waals surface area contributed by atoms with Crippen LogP contribution >= 0.6 is 0 Å². The molecule has 1 aliphatic heterocycles. The normalized spacial score (nSPS) is 20.4. The molecule has 2 aromatic carbocycles. The lowest BCUT2D eigenvalue weighted by Gasteiger charge is -2.32. The van der Waals surface area contributed by atoms with Crippen molar-refractivity contribution < 1.29 is 14.4 Å². The van der Waals surface area contributed by atoms with E-state index in [-0.39, 0.29) is 11.9 Å². The third kappa shape index (κ3) is 5.83. The van der Waals surface area contributed by atoms with Crippen LogP contribution < -0.4 is 15.0 Å². The Balaban J connectivity index is 1.37. The molecule has 1 aliphatic rings. The maximum Gasteiger partial charge on any atom is 0.278 e. The summed E-state index contributed by atoms with van der Waals surface area (Å²) in [4.78, 5) is 14.0. The highest BCUT2D eigenvalue weighted by Crippen LogP contribution is 2.16. The Morgan fingerprint density at radius 1 is 1.07 bits per heavy atom. The van der Waals surface area contributed by atoms with Crippen molar-refractivity contribution in [3.8, 4) is 5.75 Å². The molecule has 0 radical (unpaired) electrons. The monoisotopic (exact) mass is 381 g/mol. The highest BCUT2D eigenvalue weighted by atomic mass is 16.5. The molecule has 150 valence electrons. The Hall–Kier alpha value is -2.33. The molecule has 0 unspecified atom stereocenters. The fourth-order valence-corrected chi connectivity index (χ4v) is 4.09. The van der Waals surface area contributed by atoms with Gasteiger partial charge in [0.2, 0.25) is 0 Å². The Kier molecular flexibility index (Phi) is 7.49. The standard InChI is InChI=1S/C24H32N2O2/c1-19(24(27)25-15-12-20-8-10-23(28-2)11-9-20)26-16-13-22(14-17-26)18-21-6-4-3-5-7-21/h3-11,19,22H,12-18H2,1-2H3,(H,25,27)/p+1/t19-/m0/s1. The van der Waals surface area contributed by atoms with E-state index in [2.05, 4.69) is 54.7 Å². The van der Waals surface area contributed by atoms with Crippen molar-refractivity contribution in [2.24, 2.45) is 5.92 Å². The number of methoxy groups -OCH3 is 1. The molecule has 1 heterocycles. The van der Waals surface area contributed by atoms with Crippen LogP contribution in [-0.4, -0.2) is 38.7 Å². The molecule has 0 spiro atoms. The van der Waals surface area contributed by atoms with Crippen LogP contribution in [-0.2, 0) is 17.6 Å². The van der Waals surface area contributed by atoms with Crippen LogP contribution in [0.25, 0.3) is 0 Å². The van der Waals surface area contributed by atoms with Gasteiger partial charge in [0, 0.05) is 6.54 Å². The minimum absolute atomic E-state index is 0.0218. The zero-order valence-corrected chi connectivity index (χ0v) is 17.1. The second kappa shape index (κ2) is 10.3. The lowest BCUT2D eigenvalue weighted by atomic mass is 9.89. The summed E-state index contributed by atoms with van der Waals surface area (Å²) >= 11 is 0. The van der Waals surface area contributed by atoms with Gasteiger partial charge in [-0.15, -0.1) is 0 Å². The molecular formula is C24H33N2O2+. The molecule has 0 aromatic heterocycles. The van der Waals surface area contributed by atoms with Crippen LogP contribution in [0.2, 0.25) is 0 Å². The van der Waals surface area contributed by atoms with Gasteiger partial charge >= 0.3 is 0 Å². The van der Waals surface area contributed by atoms with Crippen molar-refractivity contribution in [3.63, 3.8) is 0 Å². The molecule has 1 atom stereocenters. The first-order chi connectivity index (χ1) is 13.7. The van der Waals surface area contributed by atoms with E-state index >= 15 is 0 Å². The molecule has 1 amide bonds. The van der Waals surface area contributed by atoms with Crippen molar-refractivity contribution in [3.05, 3.63) is 65.7 Å². The van der Waals surface area contributed by atoms with Gasteiger partial charge in [-0.2, -0.15) is 0 Å². The second-order valence-electron chi connectivity index (χ2n) is 7.90. The van der Waals surface area contributed by atoms with Gasteiger partial charge in [0.25, 0.3) is 5.91 Å². The van der Waals surface area contributed by atoms with Gasteiger partial charge in [0.15, 0.2) is 6.04 Å². The molecule has 1 fully saturated rings. The lowest BCUT2D eigenvalue weighted by Crippen LogP contribution is -3.17. The van der Waals surface area contributed by atoms with Gasteiger partial charge in [-0.3, -0.25) is 4.79 Å². The van der Waals surface area contributed by atoms with E-state index < -0.39 is 0 Å². The summed E-state index contributed by atoms with van der Waals surface area (Å²) in [5.74, 6) is 1.78. The average molecular weight is 382 g/mol. The maximum absolute atomic E-state index is 12.6. The largest absolute Gasteiger partial charge is 0.497 e. The SMILES string of the molecule is COc1ccc(CCNC(=O)[C@H](C)[NH+]2CCC(Cc3ccccc3)CC2)cc1. The summed E-state index contributed by atoms with van der Waals surface area (Å²) in [6.45, 7) is 4.92. The highest BCUT2D eigenvalue weighted by Gasteiger charge is 2.29. The van der Waals surface area contributed by atoms with E-state index in [1.165, 1.54) is 28.9 Å². The van der Waals surface area contributed by atoms with Gasteiger partial charge in [-0.25, -0.2) is 0 Å². The Morgan fingerprint density at radius 2 is 1.75 bits per heavy atom. The van der Waals surface area contributed by atoms with E-state index in [0.717, 1.165) is 37.6 Å². The van der Waals surface area contributed by atoms with Crippen molar-refractivity contribution in [1.29, 1.82) is 0 Å². The number of carbonyl (C=O) groups is 1. The van der Waals surface area contributed by atoms with Gasteiger partial charge in [0.05, 0.1) is 20.2 Å². The smallest absolute Gasteiger partial charge is 0.278 e. The van der Waals surface area contributed by atoms with E-state index in [9.17, 15) is 4.79 Å². The quantitative estimate of drug-likeness (QED) is 0.737. The molecule has 2 aromatic rings. The molecule has 3 rings (SSSR count). The summed E-state index contributed by atoms with van der Waals surface area (Å²) < 4.78 is 5.18. The second-order valence-corrected chi connectivity index (χ2v) is 7.90. The number of piperidine rings is 1. The number of hydrogen-bond donors (Lipinski definition) is 2. The number of amides is 1. The molecule has 2 N–H and O–H groups in total. The minimum Gasteiger partial charge on any atom is -0.497 e. The van der Waals surface area contributed by atoms with Crippen molar-refractivity contribution >= 4 is 5.91 Å². The topological polar surface area (TPSA) is 42.8 Å². The van der Waals surface area contributed by atoms with Gasteiger partial charge in [0.1, 0.15) is 5.75 Å². The molecular weight excluding hydrogens is 348 g/mol. The molecule has 1 saturated heterocycles. The number of carbonyl (C=O) groups excluding carboxylic acids is 1. The molecule has 0 saturated carbocycles. The van der Waals surface area contributed by atoms with Gasteiger partial charge < -0.3 is 15.0 Å². The first-order valence-electron chi connectivity index (χ1n) is 10.4. The van der Waals surface area contributed by atoms with Crippen LogP contribution in [0, 0.1) is 5.92 Å². The zero-order chi connectivity index (χ0) is 19.8. The first-order valence-corrected chi connectivity index (χ1v) is 10.4. The van der Waals surface area contributed by atoms with Gasteiger partial charge in [-0.1, -0.05) is 42.5 Å². The number of quaternary nitrogens is 1. The fraction of sp³-hybridized carbons (Fsp3) is 0.458. The number of nitrogens with one attached hydrogen (secondary N) is 2. The molecule has 4 nitrogen and oxygen atoms in total. The number of benzene rings is 2. The summed E-state index contributed by atoms with van der Waals surface area (Å²) in [6, 6.07) is 18.8. The maximum atomic E-state index is 12.6. The molecule has 28 heavy (non-hydrogen) atoms. The lowest BCUT2D eigenvalue weighted by molar-refractivity contribution is -0.920. The Morgan fingerprint density at radius 3 is 2.39 bits per heavy atom. The van der Waals surface area contributed by atoms with Crippen molar-refractivity contribution in [1.82, 2.24) is 5.32 Å². The third-order valence-electron chi connectivity index (χ3n) is 5.99. The number of hydrogen-bond acceptors (Lipinski definition) is 2. The molecule has 0 bridgehead atoms. The molecule has 4 heteroatoms.